The van der Waals surface area contributed by atoms with Gasteiger partial charge >= 0.3 is 0 Å². The highest BCUT2D eigenvalue weighted by atomic mass is 16.3. The molecule has 0 bridgehead atoms. The number of allylic oxidation sites excluding steroid dienone is 1. The van der Waals surface area contributed by atoms with Crippen LogP contribution in [0.2, 0.25) is 0 Å². The third-order valence-corrected chi connectivity index (χ3v) is 3.73. The van der Waals surface area contributed by atoms with E-state index in [9.17, 15) is 0 Å². The number of fused-ring (bicyclic) bond motifs is 3. The first-order valence-electron chi connectivity index (χ1n) is 6.95. The minimum atomic E-state index is 0.952. The smallest absolute Gasteiger partial charge is 0.158 e. The van der Waals surface area contributed by atoms with E-state index in [-0.39, 0.29) is 0 Å². The lowest BCUT2D eigenvalue weighted by Gasteiger charge is -2.06. The minimum absolute atomic E-state index is 0.952. The highest BCUT2D eigenvalue weighted by Gasteiger charge is 2.16. The van der Waals surface area contributed by atoms with Gasteiger partial charge in [-0.15, -0.1) is 0 Å². The summed E-state index contributed by atoms with van der Waals surface area (Å²) in [6, 6.07) is 16.5. The summed E-state index contributed by atoms with van der Waals surface area (Å²) in [4.78, 5) is 0. The quantitative estimate of drug-likeness (QED) is 0.691. The van der Waals surface area contributed by atoms with Crippen LogP contribution in [0, 0.1) is 0 Å². The topological polar surface area (TPSA) is 25.2 Å². The molecule has 4 rings (SSSR count). The second-order valence-electron chi connectivity index (χ2n) is 5.06. The van der Waals surface area contributed by atoms with E-state index in [0.717, 1.165) is 35.6 Å². The molecule has 0 saturated heterocycles. The molecule has 0 atom stereocenters. The first kappa shape index (κ1) is 11.4. The van der Waals surface area contributed by atoms with E-state index in [1.807, 2.05) is 18.2 Å². The molecule has 0 fully saturated rings. The lowest BCUT2D eigenvalue weighted by atomic mass is 10.0. The SMILES string of the molecule is C1=Cc2oc3c(Nc4ccccc4)cccc3c2CC1. The van der Waals surface area contributed by atoms with Crippen molar-refractivity contribution in [2.24, 2.45) is 0 Å². The van der Waals surface area contributed by atoms with Crippen molar-refractivity contribution in [2.75, 3.05) is 5.32 Å². The van der Waals surface area contributed by atoms with Crippen LogP contribution in [0.15, 0.2) is 59.0 Å². The summed E-state index contributed by atoms with van der Waals surface area (Å²) in [5.41, 5.74) is 4.38. The van der Waals surface area contributed by atoms with E-state index in [2.05, 4.69) is 47.8 Å². The molecular weight excluding hydrogens is 246 g/mol. The third-order valence-electron chi connectivity index (χ3n) is 3.73. The van der Waals surface area contributed by atoms with Gasteiger partial charge in [-0.25, -0.2) is 0 Å². The van der Waals surface area contributed by atoms with E-state index in [1.165, 1.54) is 10.9 Å². The van der Waals surface area contributed by atoms with E-state index < -0.39 is 0 Å². The molecule has 1 N–H and O–H groups in total. The average molecular weight is 261 g/mol. The van der Waals surface area contributed by atoms with Gasteiger partial charge in [0.2, 0.25) is 0 Å². The van der Waals surface area contributed by atoms with E-state index in [1.54, 1.807) is 0 Å². The molecule has 0 radical (unpaired) electrons. The molecule has 0 unspecified atom stereocenters. The second-order valence-corrected chi connectivity index (χ2v) is 5.06. The van der Waals surface area contributed by atoms with Gasteiger partial charge in [-0.2, -0.15) is 0 Å². The zero-order valence-electron chi connectivity index (χ0n) is 11.1. The number of para-hydroxylation sites is 2. The Morgan fingerprint density at radius 1 is 0.950 bits per heavy atom. The van der Waals surface area contributed by atoms with Gasteiger partial charge in [0.25, 0.3) is 0 Å². The Hall–Kier alpha value is -2.48. The molecule has 0 spiro atoms. The number of hydrogen-bond donors (Lipinski definition) is 1. The highest BCUT2D eigenvalue weighted by molar-refractivity contribution is 5.95. The molecule has 2 aromatic carbocycles. The zero-order valence-corrected chi connectivity index (χ0v) is 11.1. The maximum Gasteiger partial charge on any atom is 0.158 e. The van der Waals surface area contributed by atoms with Crippen LogP contribution < -0.4 is 5.32 Å². The van der Waals surface area contributed by atoms with E-state index in [4.69, 9.17) is 4.42 Å². The van der Waals surface area contributed by atoms with Gasteiger partial charge in [-0.1, -0.05) is 36.4 Å². The van der Waals surface area contributed by atoms with Crippen molar-refractivity contribution < 1.29 is 4.42 Å². The van der Waals surface area contributed by atoms with Crippen molar-refractivity contribution in [1.29, 1.82) is 0 Å². The van der Waals surface area contributed by atoms with Crippen LogP contribution in [0.1, 0.15) is 17.7 Å². The number of benzene rings is 2. The lowest BCUT2D eigenvalue weighted by Crippen LogP contribution is -1.91. The molecule has 98 valence electrons. The monoisotopic (exact) mass is 261 g/mol. The van der Waals surface area contributed by atoms with Crippen LogP contribution in [0.5, 0.6) is 0 Å². The van der Waals surface area contributed by atoms with Crippen LogP contribution in [0.3, 0.4) is 0 Å². The number of hydrogen-bond acceptors (Lipinski definition) is 2. The Bertz CT molecular complexity index is 784. The Kier molecular flexibility index (Phi) is 2.59. The summed E-state index contributed by atoms with van der Waals surface area (Å²) >= 11 is 0. The summed E-state index contributed by atoms with van der Waals surface area (Å²) in [6.07, 6.45) is 6.42. The van der Waals surface area contributed by atoms with Crippen molar-refractivity contribution in [3.05, 3.63) is 65.9 Å². The molecule has 2 heteroatoms. The number of aryl methyl sites for hydroxylation is 1. The van der Waals surface area contributed by atoms with Crippen LogP contribution in [0.4, 0.5) is 11.4 Å². The Balaban J connectivity index is 1.84. The van der Waals surface area contributed by atoms with Crippen LogP contribution in [-0.4, -0.2) is 0 Å². The minimum Gasteiger partial charge on any atom is -0.454 e. The Morgan fingerprint density at radius 3 is 2.75 bits per heavy atom. The van der Waals surface area contributed by atoms with Gasteiger partial charge in [-0.3, -0.25) is 0 Å². The molecule has 1 heterocycles. The molecule has 0 saturated carbocycles. The predicted octanol–water partition coefficient (Wildman–Crippen LogP) is 5.14. The first-order chi connectivity index (χ1) is 9.92. The normalized spacial score (nSPS) is 13.4. The Morgan fingerprint density at radius 2 is 1.85 bits per heavy atom. The summed E-state index contributed by atoms with van der Waals surface area (Å²) in [6.45, 7) is 0. The van der Waals surface area contributed by atoms with E-state index >= 15 is 0 Å². The first-order valence-corrected chi connectivity index (χ1v) is 6.95. The van der Waals surface area contributed by atoms with Gasteiger partial charge in [0, 0.05) is 16.6 Å². The second kappa shape index (κ2) is 4.57. The van der Waals surface area contributed by atoms with Gasteiger partial charge in [0.15, 0.2) is 5.58 Å². The standard InChI is InChI=1S/C18H15NO/c1-2-7-13(8-3-1)19-16-11-6-10-15-14-9-4-5-12-17(14)20-18(15)16/h1-3,5-8,10-12,19H,4,9H2. The summed E-state index contributed by atoms with van der Waals surface area (Å²) < 4.78 is 6.04. The van der Waals surface area contributed by atoms with Crippen LogP contribution in [-0.2, 0) is 6.42 Å². The van der Waals surface area contributed by atoms with Crippen LogP contribution >= 0.6 is 0 Å². The fourth-order valence-corrected chi connectivity index (χ4v) is 2.77. The zero-order chi connectivity index (χ0) is 13.4. The van der Waals surface area contributed by atoms with Crippen LogP contribution in [0.25, 0.3) is 17.0 Å². The van der Waals surface area contributed by atoms with Crippen molar-refractivity contribution >= 4 is 28.4 Å². The summed E-state index contributed by atoms with van der Waals surface area (Å²) in [7, 11) is 0. The molecule has 1 aromatic heterocycles. The van der Waals surface area contributed by atoms with Crippen molar-refractivity contribution in [2.45, 2.75) is 12.8 Å². The summed E-state index contributed by atoms with van der Waals surface area (Å²) in [5, 5.41) is 4.67. The lowest BCUT2D eigenvalue weighted by molar-refractivity contribution is 0.596. The molecule has 20 heavy (non-hydrogen) atoms. The fourth-order valence-electron chi connectivity index (χ4n) is 2.77. The largest absolute Gasteiger partial charge is 0.454 e. The molecular formula is C18H15NO. The molecule has 1 aliphatic rings. The number of furan rings is 1. The third kappa shape index (κ3) is 1.81. The van der Waals surface area contributed by atoms with Crippen molar-refractivity contribution in [3.63, 3.8) is 0 Å². The van der Waals surface area contributed by atoms with Crippen molar-refractivity contribution in [1.82, 2.24) is 0 Å². The predicted molar refractivity (Wildman–Crippen MR) is 83.3 cm³/mol. The average Bonchev–Trinajstić information content (AvgIpc) is 2.88. The molecule has 0 amide bonds. The molecule has 0 aliphatic heterocycles. The number of anilines is 2. The fraction of sp³-hybridized carbons (Fsp3) is 0.111. The van der Waals surface area contributed by atoms with Gasteiger partial charge in [0.1, 0.15) is 5.76 Å². The molecule has 2 nitrogen and oxygen atoms in total. The number of rotatable bonds is 2. The summed E-state index contributed by atoms with van der Waals surface area (Å²) in [5.74, 6) is 1.01. The van der Waals surface area contributed by atoms with E-state index in [0.29, 0.717) is 0 Å². The highest BCUT2D eigenvalue weighted by Crippen LogP contribution is 2.35. The molecule has 3 aromatic rings. The maximum absolute atomic E-state index is 6.04. The van der Waals surface area contributed by atoms with Gasteiger partial charge in [0.05, 0.1) is 5.69 Å². The van der Waals surface area contributed by atoms with Gasteiger partial charge in [-0.05, 0) is 37.1 Å². The maximum atomic E-state index is 6.04. The molecule has 1 aliphatic carbocycles. The Labute approximate surface area is 117 Å². The van der Waals surface area contributed by atoms with Gasteiger partial charge < -0.3 is 9.73 Å². The number of nitrogens with one attached hydrogen (secondary N) is 1. The van der Waals surface area contributed by atoms with Crippen molar-refractivity contribution in [3.8, 4) is 0 Å².